The lowest BCUT2D eigenvalue weighted by molar-refractivity contribution is 0.00774. The minimum absolute atomic E-state index is 0.0220. The topological polar surface area (TPSA) is 133 Å². The number of fused-ring (bicyclic) bond motifs is 1. The highest BCUT2D eigenvalue weighted by molar-refractivity contribution is 6.23. The molecule has 33 heavy (non-hydrogen) atoms. The van der Waals surface area contributed by atoms with E-state index >= 15 is 0 Å². The standard InChI is InChI=1S/C23H26N4O6/c1-23(2,3)33-22(31)26-9-5-8-15(12-26)32-14-7-4-6-13(10-14)27-17(28)11-16-18(19(27)24)21(30)25-20(16)29/h4,6-7,10-11,15H,5,8-9,12,24H2,1-3H3,(H,25,29,30). The lowest BCUT2D eigenvalue weighted by Crippen LogP contribution is -2.46. The smallest absolute Gasteiger partial charge is 0.410 e. The van der Waals surface area contributed by atoms with Gasteiger partial charge in [-0.25, -0.2) is 4.79 Å². The van der Waals surface area contributed by atoms with E-state index in [-0.39, 0.29) is 29.1 Å². The molecule has 4 rings (SSSR count). The molecule has 1 saturated heterocycles. The molecule has 1 atom stereocenters. The summed E-state index contributed by atoms with van der Waals surface area (Å²) < 4.78 is 12.7. The molecule has 174 valence electrons. The Morgan fingerprint density at radius 3 is 2.64 bits per heavy atom. The Kier molecular flexibility index (Phi) is 5.61. The van der Waals surface area contributed by atoms with Crippen molar-refractivity contribution >= 4 is 23.7 Å². The summed E-state index contributed by atoms with van der Waals surface area (Å²) in [5.74, 6) is -0.921. The Morgan fingerprint density at radius 2 is 1.91 bits per heavy atom. The number of nitrogens with one attached hydrogen (secondary N) is 1. The van der Waals surface area contributed by atoms with Crippen LogP contribution in [0.3, 0.4) is 0 Å². The highest BCUT2D eigenvalue weighted by Gasteiger charge is 2.32. The van der Waals surface area contributed by atoms with Crippen molar-refractivity contribution in [1.82, 2.24) is 14.8 Å². The molecule has 1 aromatic heterocycles. The number of ether oxygens (including phenoxy) is 2. The van der Waals surface area contributed by atoms with Crippen molar-refractivity contribution in [3.05, 3.63) is 51.8 Å². The molecular weight excluding hydrogens is 428 g/mol. The number of anilines is 1. The number of amides is 3. The van der Waals surface area contributed by atoms with E-state index in [9.17, 15) is 19.2 Å². The molecule has 1 unspecified atom stereocenters. The zero-order valence-electron chi connectivity index (χ0n) is 18.7. The van der Waals surface area contributed by atoms with E-state index in [0.29, 0.717) is 24.5 Å². The van der Waals surface area contributed by atoms with Gasteiger partial charge in [-0.05, 0) is 45.7 Å². The van der Waals surface area contributed by atoms with E-state index < -0.39 is 23.0 Å². The number of carbonyl (C=O) groups is 3. The second-order valence-corrected chi connectivity index (χ2v) is 9.08. The van der Waals surface area contributed by atoms with E-state index in [4.69, 9.17) is 15.2 Å². The average Bonchev–Trinajstić information content (AvgIpc) is 3.00. The van der Waals surface area contributed by atoms with Crippen molar-refractivity contribution < 1.29 is 23.9 Å². The average molecular weight is 454 g/mol. The number of rotatable bonds is 3. The molecule has 0 bridgehead atoms. The lowest BCUT2D eigenvalue weighted by Gasteiger charge is -2.34. The predicted octanol–water partition coefficient (Wildman–Crippen LogP) is 2.08. The third-order valence-electron chi connectivity index (χ3n) is 5.36. The molecule has 2 aromatic rings. The number of hydrogen-bond donors (Lipinski definition) is 2. The quantitative estimate of drug-likeness (QED) is 0.679. The van der Waals surface area contributed by atoms with E-state index in [1.807, 2.05) is 20.8 Å². The van der Waals surface area contributed by atoms with Crippen LogP contribution in [0.25, 0.3) is 5.69 Å². The predicted molar refractivity (Wildman–Crippen MR) is 120 cm³/mol. The second-order valence-electron chi connectivity index (χ2n) is 9.08. The number of aromatic nitrogens is 1. The Bertz CT molecular complexity index is 1200. The molecule has 1 aromatic carbocycles. The summed E-state index contributed by atoms with van der Waals surface area (Å²) in [7, 11) is 0. The molecular formula is C23H26N4O6. The maximum atomic E-state index is 12.7. The fourth-order valence-electron chi connectivity index (χ4n) is 3.96. The van der Waals surface area contributed by atoms with Crippen molar-refractivity contribution in [3.63, 3.8) is 0 Å². The number of nitrogens with zero attached hydrogens (tertiary/aromatic N) is 2. The van der Waals surface area contributed by atoms with Gasteiger partial charge in [0, 0.05) is 18.7 Å². The number of pyridine rings is 1. The van der Waals surface area contributed by atoms with Crippen LogP contribution in [0.5, 0.6) is 5.75 Å². The van der Waals surface area contributed by atoms with Crippen molar-refractivity contribution in [2.24, 2.45) is 0 Å². The molecule has 0 spiro atoms. The van der Waals surface area contributed by atoms with E-state index in [1.165, 1.54) is 0 Å². The molecule has 3 N–H and O–H groups in total. The number of imide groups is 1. The fourth-order valence-corrected chi connectivity index (χ4v) is 3.96. The monoisotopic (exact) mass is 454 g/mol. The number of carbonyl (C=O) groups excluding carboxylic acids is 3. The number of nitrogens with two attached hydrogens (primary N) is 1. The van der Waals surface area contributed by atoms with E-state index in [2.05, 4.69) is 5.32 Å². The molecule has 2 aliphatic rings. The summed E-state index contributed by atoms with van der Waals surface area (Å²) in [5, 5.41) is 2.14. The molecule has 10 heteroatoms. The van der Waals surface area contributed by atoms with Crippen LogP contribution in [0.1, 0.15) is 54.3 Å². The van der Waals surface area contributed by atoms with Crippen LogP contribution in [0.15, 0.2) is 35.1 Å². The van der Waals surface area contributed by atoms with Gasteiger partial charge in [0.2, 0.25) is 0 Å². The first kappa shape index (κ1) is 22.4. The SMILES string of the molecule is CC(C)(C)OC(=O)N1CCCC(Oc2cccc(-n3c(N)c4c(cc3=O)C(=O)NC4=O)c2)C1. The van der Waals surface area contributed by atoms with E-state index in [0.717, 1.165) is 23.5 Å². The molecule has 2 aliphatic heterocycles. The first-order valence-corrected chi connectivity index (χ1v) is 10.7. The first-order valence-electron chi connectivity index (χ1n) is 10.7. The Morgan fingerprint density at radius 1 is 1.15 bits per heavy atom. The number of piperidine rings is 1. The summed E-state index contributed by atoms with van der Waals surface area (Å²) in [6.45, 7) is 6.43. The molecule has 0 aliphatic carbocycles. The van der Waals surface area contributed by atoms with Gasteiger partial charge >= 0.3 is 6.09 Å². The van der Waals surface area contributed by atoms with Crippen LogP contribution in [-0.2, 0) is 4.74 Å². The van der Waals surface area contributed by atoms with Gasteiger partial charge in [0.1, 0.15) is 23.3 Å². The molecule has 1 fully saturated rings. The van der Waals surface area contributed by atoms with Gasteiger partial charge in [-0.3, -0.25) is 24.3 Å². The molecule has 10 nitrogen and oxygen atoms in total. The lowest BCUT2D eigenvalue weighted by atomic mass is 10.1. The van der Waals surface area contributed by atoms with Crippen molar-refractivity contribution in [2.45, 2.75) is 45.3 Å². The van der Waals surface area contributed by atoms with Crippen molar-refractivity contribution in [3.8, 4) is 11.4 Å². The number of likely N-dealkylation sites (tertiary alicyclic amines) is 1. The second kappa shape index (κ2) is 8.27. The van der Waals surface area contributed by atoms with Crippen LogP contribution >= 0.6 is 0 Å². The fraction of sp³-hybridized carbons (Fsp3) is 0.391. The highest BCUT2D eigenvalue weighted by atomic mass is 16.6. The molecule has 3 amide bonds. The largest absolute Gasteiger partial charge is 0.489 e. The molecule has 0 saturated carbocycles. The van der Waals surface area contributed by atoms with Crippen LogP contribution in [0.2, 0.25) is 0 Å². The summed E-state index contributed by atoms with van der Waals surface area (Å²) in [5.41, 5.74) is 5.33. The van der Waals surface area contributed by atoms with Crippen molar-refractivity contribution in [2.75, 3.05) is 18.8 Å². The van der Waals surface area contributed by atoms with Gasteiger partial charge in [0.25, 0.3) is 17.4 Å². The van der Waals surface area contributed by atoms with Crippen LogP contribution < -0.4 is 21.3 Å². The summed E-state index contributed by atoms with van der Waals surface area (Å²) >= 11 is 0. The van der Waals surface area contributed by atoms with Gasteiger partial charge in [-0.15, -0.1) is 0 Å². The number of benzene rings is 1. The number of hydrogen-bond acceptors (Lipinski definition) is 7. The first-order chi connectivity index (χ1) is 15.5. The zero-order chi connectivity index (χ0) is 23.9. The third-order valence-corrected chi connectivity index (χ3v) is 5.36. The summed E-state index contributed by atoms with van der Waals surface area (Å²) in [6.07, 6.45) is 0.894. The Hall–Kier alpha value is -3.82. The van der Waals surface area contributed by atoms with Gasteiger partial charge < -0.3 is 20.1 Å². The van der Waals surface area contributed by atoms with Crippen LogP contribution in [-0.4, -0.2) is 52.2 Å². The Labute approximate surface area is 190 Å². The van der Waals surface area contributed by atoms with Gasteiger partial charge in [-0.2, -0.15) is 0 Å². The summed E-state index contributed by atoms with van der Waals surface area (Å²) in [4.78, 5) is 50.7. The molecule has 3 heterocycles. The van der Waals surface area contributed by atoms with Crippen LogP contribution in [0, 0.1) is 0 Å². The van der Waals surface area contributed by atoms with Gasteiger partial charge in [0.05, 0.1) is 23.4 Å². The summed E-state index contributed by atoms with van der Waals surface area (Å²) in [6, 6.07) is 7.81. The molecule has 0 radical (unpaired) electrons. The van der Waals surface area contributed by atoms with Crippen molar-refractivity contribution in [1.29, 1.82) is 0 Å². The minimum atomic E-state index is -0.644. The third kappa shape index (κ3) is 4.55. The normalized spacial score (nSPS) is 18.0. The minimum Gasteiger partial charge on any atom is -0.489 e. The number of nitrogen functional groups attached to an aromatic ring is 1. The van der Waals surface area contributed by atoms with Gasteiger partial charge in [-0.1, -0.05) is 6.07 Å². The van der Waals surface area contributed by atoms with Crippen LogP contribution in [0.4, 0.5) is 10.6 Å². The highest BCUT2D eigenvalue weighted by Crippen LogP contribution is 2.26. The Balaban J connectivity index is 1.56. The zero-order valence-corrected chi connectivity index (χ0v) is 18.7. The van der Waals surface area contributed by atoms with Gasteiger partial charge in [0.15, 0.2) is 0 Å². The maximum absolute atomic E-state index is 12.7. The van der Waals surface area contributed by atoms with E-state index in [1.54, 1.807) is 29.2 Å². The maximum Gasteiger partial charge on any atom is 0.410 e.